The molecule has 34 heavy (non-hydrogen) atoms. The number of rotatable bonds is 7. The fraction of sp³-hybridized carbons (Fsp3) is 0.200. The third-order valence-corrected chi connectivity index (χ3v) is 6.00. The summed E-state index contributed by atoms with van der Waals surface area (Å²) in [6.07, 6.45) is 1.64. The van der Waals surface area contributed by atoms with E-state index in [0.29, 0.717) is 35.2 Å². The molecular formula is C25H25N5O3S. The van der Waals surface area contributed by atoms with Crippen LogP contribution in [0.1, 0.15) is 27.0 Å². The number of carbonyl (C=O) groups excluding carboxylic acids is 2. The summed E-state index contributed by atoms with van der Waals surface area (Å²) in [5, 5.41) is 8.90. The third kappa shape index (κ3) is 5.68. The van der Waals surface area contributed by atoms with E-state index < -0.39 is 0 Å². The summed E-state index contributed by atoms with van der Waals surface area (Å²) in [7, 11) is 0. The van der Waals surface area contributed by atoms with Gasteiger partial charge in [-0.2, -0.15) is 0 Å². The quantitative estimate of drug-likeness (QED) is 0.324. The predicted molar refractivity (Wildman–Crippen MR) is 135 cm³/mol. The highest BCUT2D eigenvalue weighted by Crippen LogP contribution is 2.28. The lowest BCUT2D eigenvalue weighted by molar-refractivity contribution is 0.102. The molecule has 0 atom stereocenters. The van der Waals surface area contributed by atoms with Crippen LogP contribution in [0, 0.1) is 20.8 Å². The van der Waals surface area contributed by atoms with E-state index in [1.807, 2.05) is 39.0 Å². The Morgan fingerprint density at radius 1 is 1.00 bits per heavy atom. The Labute approximate surface area is 201 Å². The summed E-state index contributed by atoms with van der Waals surface area (Å²) >= 11 is 1.30. The van der Waals surface area contributed by atoms with Crippen LogP contribution in [0.5, 0.6) is 5.88 Å². The van der Waals surface area contributed by atoms with Gasteiger partial charge in [-0.15, -0.1) is 0 Å². The van der Waals surface area contributed by atoms with E-state index in [-0.39, 0.29) is 11.9 Å². The largest absolute Gasteiger partial charge is 0.476 e. The minimum absolute atomic E-state index is 0.189. The number of nitrogens with one attached hydrogen (secondary N) is 3. The molecule has 2 aromatic carbocycles. The predicted octanol–water partition coefficient (Wildman–Crippen LogP) is 5.07. The fourth-order valence-corrected chi connectivity index (χ4v) is 4.48. The maximum atomic E-state index is 12.9. The van der Waals surface area contributed by atoms with E-state index in [2.05, 4.69) is 25.9 Å². The van der Waals surface area contributed by atoms with Crippen molar-refractivity contribution in [3.05, 3.63) is 77.0 Å². The minimum Gasteiger partial charge on any atom is -0.476 e. The van der Waals surface area contributed by atoms with Gasteiger partial charge in [0.05, 0.1) is 16.8 Å². The summed E-state index contributed by atoms with van der Waals surface area (Å²) < 4.78 is 6.25. The van der Waals surface area contributed by atoms with Gasteiger partial charge in [0.2, 0.25) is 5.88 Å². The minimum atomic E-state index is -0.382. The molecule has 8 nitrogen and oxygen atoms in total. The SMILES string of the molecule is Cc1cc(C)c(NC(=O)c2ccc3nc(NC(=O)NCCOc4ccccn4)sc3c2)c(C)c1. The molecule has 0 aliphatic rings. The van der Waals surface area contributed by atoms with E-state index in [9.17, 15) is 9.59 Å². The Hall–Kier alpha value is -3.98. The number of anilines is 2. The molecule has 0 radical (unpaired) electrons. The van der Waals surface area contributed by atoms with Gasteiger partial charge < -0.3 is 15.4 Å². The van der Waals surface area contributed by atoms with Gasteiger partial charge in [0.15, 0.2) is 5.13 Å². The first-order valence-corrected chi connectivity index (χ1v) is 11.6. The van der Waals surface area contributed by atoms with E-state index in [0.717, 1.165) is 27.1 Å². The molecule has 3 amide bonds. The van der Waals surface area contributed by atoms with Crippen molar-refractivity contribution in [1.29, 1.82) is 0 Å². The van der Waals surface area contributed by atoms with Crippen molar-refractivity contribution < 1.29 is 14.3 Å². The van der Waals surface area contributed by atoms with Crippen molar-refractivity contribution in [3.63, 3.8) is 0 Å². The van der Waals surface area contributed by atoms with Gasteiger partial charge in [-0.25, -0.2) is 14.8 Å². The lowest BCUT2D eigenvalue weighted by Crippen LogP contribution is -2.32. The molecule has 3 N–H and O–H groups in total. The van der Waals surface area contributed by atoms with Crippen LogP contribution >= 0.6 is 11.3 Å². The van der Waals surface area contributed by atoms with Crippen molar-refractivity contribution in [2.45, 2.75) is 20.8 Å². The maximum Gasteiger partial charge on any atom is 0.321 e. The second-order valence-corrected chi connectivity index (χ2v) is 8.86. The molecule has 9 heteroatoms. The van der Waals surface area contributed by atoms with Gasteiger partial charge in [0.1, 0.15) is 6.61 Å². The molecule has 4 rings (SSSR count). The molecule has 0 fully saturated rings. The molecule has 0 spiro atoms. The Bertz CT molecular complexity index is 1310. The molecule has 0 aliphatic heterocycles. The number of ether oxygens (including phenoxy) is 1. The zero-order valence-corrected chi connectivity index (χ0v) is 20.0. The summed E-state index contributed by atoms with van der Waals surface area (Å²) in [4.78, 5) is 33.5. The van der Waals surface area contributed by atoms with Gasteiger partial charge in [0, 0.05) is 23.5 Å². The summed E-state index contributed by atoms with van der Waals surface area (Å²) in [5.41, 5.74) is 5.26. The molecule has 0 saturated heterocycles. The molecule has 0 bridgehead atoms. The van der Waals surface area contributed by atoms with Crippen LogP contribution in [0.2, 0.25) is 0 Å². The average Bonchev–Trinajstić information content (AvgIpc) is 3.21. The number of nitrogens with zero attached hydrogens (tertiary/aromatic N) is 2. The van der Waals surface area contributed by atoms with E-state index >= 15 is 0 Å². The number of thiazole rings is 1. The highest BCUT2D eigenvalue weighted by molar-refractivity contribution is 7.22. The number of pyridine rings is 1. The molecule has 4 aromatic rings. The lowest BCUT2D eigenvalue weighted by atomic mass is 10.0. The van der Waals surface area contributed by atoms with Crippen LogP contribution in [0.15, 0.2) is 54.7 Å². The van der Waals surface area contributed by atoms with Crippen LogP contribution < -0.4 is 20.7 Å². The number of amides is 3. The number of fused-ring (bicyclic) bond motifs is 1. The highest BCUT2D eigenvalue weighted by atomic mass is 32.1. The van der Waals surface area contributed by atoms with Crippen LogP contribution in [-0.2, 0) is 0 Å². The van der Waals surface area contributed by atoms with Crippen molar-refractivity contribution >= 4 is 44.3 Å². The van der Waals surface area contributed by atoms with Crippen LogP contribution in [0.25, 0.3) is 10.2 Å². The average molecular weight is 476 g/mol. The standard InChI is InChI=1S/C25H25N5O3S/c1-15-12-16(2)22(17(3)13-15)29-23(31)18-7-8-19-20(14-18)34-25(28-19)30-24(32)27-10-11-33-21-6-4-5-9-26-21/h4-9,12-14H,10-11H2,1-3H3,(H,29,31)(H2,27,28,30,32). The van der Waals surface area contributed by atoms with E-state index in [1.54, 1.807) is 36.5 Å². The fourth-order valence-electron chi connectivity index (χ4n) is 3.58. The number of aryl methyl sites for hydroxylation is 3. The molecule has 2 aromatic heterocycles. The van der Waals surface area contributed by atoms with E-state index in [4.69, 9.17) is 4.74 Å². The third-order valence-electron chi connectivity index (χ3n) is 5.06. The Morgan fingerprint density at radius 3 is 2.53 bits per heavy atom. The molecule has 0 saturated carbocycles. The van der Waals surface area contributed by atoms with Crippen LogP contribution in [-0.4, -0.2) is 35.1 Å². The Kier molecular flexibility index (Phi) is 7.03. The monoisotopic (exact) mass is 475 g/mol. The van der Waals surface area contributed by atoms with Gasteiger partial charge in [-0.05, 0) is 56.2 Å². The number of hydrogen-bond acceptors (Lipinski definition) is 6. The molecular weight excluding hydrogens is 450 g/mol. The summed E-state index contributed by atoms with van der Waals surface area (Å²) in [6.45, 7) is 6.61. The first-order chi connectivity index (χ1) is 16.4. The van der Waals surface area contributed by atoms with Crippen LogP contribution in [0.3, 0.4) is 0 Å². The lowest BCUT2D eigenvalue weighted by Gasteiger charge is -2.12. The highest BCUT2D eigenvalue weighted by Gasteiger charge is 2.13. The maximum absolute atomic E-state index is 12.9. The zero-order valence-electron chi connectivity index (χ0n) is 19.1. The van der Waals surface area contributed by atoms with Gasteiger partial charge in [-0.1, -0.05) is 35.1 Å². The van der Waals surface area contributed by atoms with E-state index in [1.165, 1.54) is 11.3 Å². The number of benzene rings is 2. The molecule has 0 unspecified atom stereocenters. The van der Waals surface area contributed by atoms with Gasteiger partial charge in [-0.3, -0.25) is 10.1 Å². The van der Waals surface area contributed by atoms with Crippen molar-refractivity contribution in [2.24, 2.45) is 0 Å². The normalized spacial score (nSPS) is 10.7. The zero-order chi connectivity index (χ0) is 24.1. The molecule has 174 valence electrons. The number of hydrogen-bond donors (Lipinski definition) is 3. The van der Waals surface area contributed by atoms with Gasteiger partial charge in [0.25, 0.3) is 5.91 Å². The first-order valence-electron chi connectivity index (χ1n) is 10.8. The molecule has 2 heterocycles. The van der Waals surface area contributed by atoms with Crippen molar-refractivity contribution in [3.8, 4) is 5.88 Å². The van der Waals surface area contributed by atoms with Crippen LogP contribution in [0.4, 0.5) is 15.6 Å². The second-order valence-electron chi connectivity index (χ2n) is 7.83. The second kappa shape index (κ2) is 10.3. The number of carbonyl (C=O) groups is 2. The Balaban J connectivity index is 1.35. The molecule has 0 aliphatic carbocycles. The topological polar surface area (TPSA) is 105 Å². The van der Waals surface area contributed by atoms with Crippen molar-refractivity contribution in [1.82, 2.24) is 15.3 Å². The van der Waals surface area contributed by atoms with Gasteiger partial charge >= 0.3 is 6.03 Å². The first kappa shape index (κ1) is 23.2. The number of aromatic nitrogens is 2. The smallest absolute Gasteiger partial charge is 0.321 e. The van der Waals surface area contributed by atoms with Crippen molar-refractivity contribution in [2.75, 3.05) is 23.8 Å². The summed E-state index contributed by atoms with van der Waals surface area (Å²) in [5.74, 6) is 0.314. The number of urea groups is 1. The summed E-state index contributed by atoms with van der Waals surface area (Å²) in [6, 6.07) is 14.4. The Morgan fingerprint density at radius 2 is 1.79 bits per heavy atom.